The number of carbonyl (C=O) groups excluding carboxylic acids is 2. The third-order valence-corrected chi connectivity index (χ3v) is 8.10. The van der Waals surface area contributed by atoms with Gasteiger partial charge in [-0.3, -0.25) is 4.90 Å². The maximum atomic E-state index is 10.3. The molecule has 0 aromatic rings. The van der Waals surface area contributed by atoms with Gasteiger partial charge in [-0.25, -0.2) is 0 Å². The molecule has 0 saturated carbocycles. The number of aldehydes is 2. The van der Waals surface area contributed by atoms with Crippen molar-refractivity contribution in [1.82, 2.24) is 10.2 Å². The minimum atomic E-state index is 0.752. The predicted octanol–water partition coefficient (Wildman–Crippen LogP) is 8.41. The van der Waals surface area contributed by atoms with E-state index in [1.165, 1.54) is 161 Å². The predicted molar refractivity (Wildman–Crippen MR) is 156 cm³/mol. The van der Waals surface area contributed by atoms with Crippen molar-refractivity contribution >= 4 is 12.6 Å². The van der Waals surface area contributed by atoms with E-state index in [4.69, 9.17) is 0 Å². The second-order valence-corrected chi connectivity index (χ2v) is 11.4. The molecule has 0 aromatic carbocycles. The summed E-state index contributed by atoms with van der Waals surface area (Å²) in [5, 5.41) is 3.64. The van der Waals surface area contributed by atoms with Crippen molar-refractivity contribution in [1.29, 1.82) is 0 Å². The molecule has 1 heterocycles. The van der Waals surface area contributed by atoms with Crippen LogP contribution in [0.4, 0.5) is 0 Å². The molecule has 1 N–H and O–H groups in total. The molecule has 1 aliphatic heterocycles. The van der Waals surface area contributed by atoms with Crippen LogP contribution in [0.1, 0.15) is 161 Å². The smallest absolute Gasteiger partial charge is 0.119 e. The Hall–Kier alpha value is -0.740. The van der Waals surface area contributed by atoms with E-state index in [9.17, 15) is 9.59 Å². The molecule has 1 unspecified atom stereocenters. The first kappa shape index (κ1) is 33.3. The fourth-order valence-electron chi connectivity index (χ4n) is 5.71. The number of carbonyl (C=O) groups is 2. The molecule has 212 valence electrons. The Morgan fingerprint density at radius 3 is 1.36 bits per heavy atom. The van der Waals surface area contributed by atoms with E-state index in [0.717, 1.165) is 44.3 Å². The summed E-state index contributed by atoms with van der Waals surface area (Å²) in [5.74, 6) is 0. The fraction of sp³-hybridized carbons (Fsp3) is 0.938. The summed E-state index contributed by atoms with van der Waals surface area (Å²) in [7, 11) is 0. The molecule has 0 aromatic heterocycles. The normalized spacial score (nSPS) is 16.4. The Labute approximate surface area is 225 Å². The van der Waals surface area contributed by atoms with Gasteiger partial charge in [0.05, 0.1) is 0 Å². The zero-order chi connectivity index (χ0) is 25.8. The first-order chi connectivity index (χ1) is 17.9. The first-order valence-electron chi connectivity index (χ1n) is 16.2. The van der Waals surface area contributed by atoms with Crippen LogP contribution in [-0.4, -0.2) is 49.7 Å². The first-order valence-corrected chi connectivity index (χ1v) is 16.2. The van der Waals surface area contributed by atoms with Crippen molar-refractivity contribution in [2.24, 2.45) is 0 Å². The Balaban J connectivity index is 1.89. The lowest BCUT2D eigenvalue weighted by atomic mass is 10.0. The molecule has 1 saturated heterocycles. The standard InChI is InChI=1S/C32H62N2O2/c35-29-23-19-15-11-7-3-1-5-9-13-17-21-25-32-31-33-26-28-34(32)27-22-18-14-10-6-2-4-8-12-16-20-24-30-36/h29-30,32-33H,1-28,31H2. The average molecular weight is 507 g/mol. The monoisotopic (exact) mass is 506 g/mol. The Kier molecular flexibility index (Phi) is 25.2. The molecule has 1 atom stereocenters. The van der Waals surface area contributed by atoms with Gasteiger partial charge in [-0.15, -0.1) is 0 Å². The lowest BCUT2D eigenvalue weighted by molar-refractivity contribution is -0.108. The second kappa shape index (κ2) is 27.3. The number of rotatable bonds is 28. The van der Waals surface area contributed by atoms with Gasteiger partial charge in [0, 0.05) is 38.5 Å². The topological polar surface area (TPSA) is 49.4 Å². The van der Waals surface area contributed by atoms with Crippen molar-refractivity contribution in [2.75, 3.05) is 26.2 Å². The number of nitrogens with one attached hydrogen (secondary N) is 1. The van der Waals surface area contributed by atoms with Gasteiger partial charge in [-0.05, 0) is 32.2 Å². The molecule has 4 nitrogen and oxygen atoms in total. The highest BCUT2D eigenvalue weighted by atomic mass is 16.1. The maximum absolute atomic E-state index is 10.3. The summed E-state index contributed by atoms with van der Waals surface area (Å²) in [6, 6.07) is 0.768. The van der Waals surface area contributed by atoms with E-state index >= 15 is 0 Å². The van der Waals surface area contributed by atoms with Gasteiger partial charge in [-0.1, -0.05) is 122 Å². The minimum absolute atomic E-state index is 0.752. The maximum Gasteiger partial charge on any atom is 0.119 e. The van der Waals surface area contributed by atoms with E-state index in [1.807, 2.05) is 0 Å². The molecule has 0 bridgehead atoms. The summed E-state index contributed by atoms with van der Waals surface area (Å²) in [6.45, 7) is 4.92. The Bertz CT molecular complexity index is 429. The molecule has 1 rings (SSSR count). The van der Waals surface area contributed by atoms with E-state index < -0.39 is 0 Å². The van der Waals surface area contributed by atoms with Gasteiger partial charge < -0.3 is 14.9 Å². The lowest BCUT2D eigenvalue weighted by Crippen LogP contribution is -2.51. The van der Waals surface area contributed by atoms with Crippen molar-refractivity contribution in [3.05, 3.63) is 0 Å². The van der Waals surface area contributed by atoms with Gasteiger partial charge in [0.25, 0.3) is 0 Å². The van der Waals surface area contributed by atoms with Gasteiger partial charge in [-0.2, -0.15) is 0 Å². The largest absolute Gasteiger partial charge is 0.314 e. The minimum Gasteiger partial charge on any atom is -0.314 e. The van der Waals surface area contributed by atoms with Crippen molar-refractivity contribution < 1.29 is 9.59 Å². The summed E-state index contributed by atoms with van der Waals surface area (Å²) in [4.78, 5) is 23.4. The highest BCUT2D eigenvalue weighted by Crippen LogP contribution is 2.17. The van der Waals surface area contributed by atoms with Gasteiger partial charge in [0.2, 0.25) is 0 Å². The van der Waals surface area contributed by atoms with Gasteiger partial charge >= 0.3 is 0 Å². The Morgan fingerprint density at radius 1 is 0.528 bits per heavy atom. The Morgan fingerprint density at radius 2 is 0.917 bits per heavy atom. The molecule has 0 amide bonds. The molecular formula is C32H62N2O2. The average Bonchev–Trinajstić information content (AvgIpc) is 2.90. The van der Waals surface area contributed by atoms with Crippen molar-refractivity contribution in [3.63, 3.8) is 0 Å². The number of unbranched alkanes of at least 4 members (excludes halogenated alkanes) is 22. The second-order valence-electron chi connectivity index (χ2n) is 11.4. The van der Waals surface area contributed by atoms with Crippen LogP contribution < -0.4 is 5.32 Å². The van der Waals surface area contributed by atoms with Crippen molar-refractivity contribution in [2.45, 2.75) is 167 Å². The zero-order valence-electron chi connectivity index (χ0n) is 24.0. The fourth-order valence-corrected chi connectivity index (χ4v) is 5.71. The summed E-state index contributed by atoms with van der Waals surface area (Å²) in [5.41, 5.74) is 0. The third-order valence-electron chi connectivity index (χ3n) is 8.10. The number of nitrogens with zero attached hydrogens (tertiary/aromatic N) is 1. The zero-order valence-corrected chi connectivity index (χ0v) is 24.0. The molecule has 36 heavy (non-hydrogen) atoms. The van der Waals surface area contributed by atoms with Crippen LogP contribution in [0.25, 0.3) is 0 Å². The molecule has 1 fully saturated rings. The summed E-state index contributed by atoms with van der Waals surface area (Å²) < 4.78 is 0. The van der Waals surface area contributed by atoms with Crippen LogP contribution in [0, 0.1) is 0 Å². The highest BCUT2D eigenvalue weighted by Gasteiger charge is 2.20. The summed E-state index contributed by atoms with van der Waals surface area (Å²) >= 11 is 0. The van der Waals surface area contributed by atoms with Crippen LogP contribution in [0.5, 0.6) is 0 Å². The number of hydrogen-bond donors (Lipinski definition) is 1. The van der Waals surface area contributed by atoms with Crippen molar-refractivity contribution in [3.8, 4) is 0 Å². The summed E-state index contributed by atoms with van der Waals surface area (Å²) in [6.07, 6.45) is 34.6. The molecule has 4 heteroatoms. The van der Waals surface area contributed by atoms with Crippen LogP contribution in [-0.2, 0) is 9.59 Å². The number of hydrogen-bond acceptors (Lipinski definition) is 4. The van der Waals surface area contributed by atoms with Crippen LogP contribution >= 0.6 is 0 Å². The molecule has 0 aliphatic carbocycles. The third kappa shape index (κ3) is 21.4. The van der Waals surface area contributed by atoms with Crippen LogP contribution in [0.3, 0.4) is 0 Å². The van der Waals surface area contributed by atoms with E-state index in [1.54, 1.807) is 0 Å². The van der Waals surface area contributed by atoms with E-state index in [0.29, 0.717) is 0 Å². The van der Waals surface area contributed by atoms with E-state index in [2.05, 4.69) is 10.2 Å². The SMILES string of the molecule is O=CCCCCCCCCCCCCCC1CNCCN1CCCCCCCCCCCCCC=O. The quantitative estimate of drug-likeness (QED) is 0.0854. The molecule has 0 spiro atoms. The number of piperazine rings is 1. The molecule has 1 aliphatic rings. The van der Waals surface area contributed by atoms with Crippen LogP contribution in [0.2, 0.25) is 0 Å². The highest BCUT2D eigenvalue weighted by molar-refractivity contribution is 5.49. The lowest BCUT2D eigenvalue weighted by Gasteiger charge is -2.36. The van der Waals surface area contributed by atoms with E-state index in [-0.39, 0.29) is 0 Å². The van der Waals surface area contributed by atoms with Gasteiger partial charge in [0.15, 0.2) is 0 Å². The van der Waals surface area contributed by atoms with Gasteiger partial charge in [0.1, 0.15) is 12.6 Å². The molecule has 0 radical (unpaired) electrons. The molecular weight excluding hydrogens is 444 g/mol. The van der Waals surface area contributed by atoms with Crippen LogP contribution in [0.15, 0.2) is 0 Å².